The lowest BCUT2D eigenvalue weighted by Gasteiger charge is -2.29. The molecule has 0 aliphatic rings. The van der Waals surface area contributed by atoms with Gasteiger partial charge < -0.3 is 4.74 Å². The fourth-order valence-corrected chi connectivity index (χ4v) is 10.1. The third kappa shape index (κ3) is 9.51. The lowest BCUT2D eigenvalue weighted by molar-refractivity contribution is -0.571. The van der Waals surface area contributed by atoms with E-state index in [1.165, 1.54) is 55.5 Å². The number of hydrogen-bond acceptors (Lipinski definition) is 2. The molecule has 0 saturated heterocycles. The predicted molar refractivity (Wildman–Crippen MR) is 307 cm³/mol. The molecule has 0 aliphatic heterocycles. The van der Waals surface area contributed by atoms with Crippen LogP contribution in [-0.4, -0.2) is 14.1 Å². The monoisotopic (exact) mass is 961 g/mol. The van der Waals surface area contributed by atoms with Crippen LogP contribution in [0.3, 0.4) is 0 Å². The van der Waals surface area contributed by atoms with Gasteiger partial charge in [-0.3, -0.25) is 13.7 Å². The highest BCUT2D eigenvalue weighted by Gasteiger charge is 2.28. The highest BCUT2D eigenvalue weighted by Crippen LogP contribution is 2.43. The quantitative estimate of drug-likeness (QED) is 0.118. The Balaban J connectivity index is 1.17. The second kappa shape index (κ2) is 17.8. The van der Waals surface area contributed by atoms with Crippen LogP contribution in [0.25, 0.3) is 72.3 Å². The second-order valence-corrected chi connectivity index (χ2v) is 25.3. The number of hydrogen-bond donors (Lipinski definition) is 0. The Morgan fingerprint density at radius 1 is 0.425 bits per heavy atom. The zero-order valence-corrected chi connectivity index (χ0v) is 45.8. The smallest absolute Gasteiger partial charge is 0.269 e. The van der Waals surface area contributed by atoms with Crippen LogP contribution in [0.2, 0.25) is 0 Å². The minimum absolute atomic E-state index is 0.0226. The van der Waals surface area contributed by atoms with Crippen LogP contribution in [-0.2, 0) is 27.1 Å². The van der Waals surface area contributed by atoms with E-state index >= 15 is 0 Å². The van der Waals surface area contributed by atoms with Crippen molar-refractivity contribution in [3.05, 3.63) is 198 Å². The highest BCUT2D eigenvalue weighted by atomic mass is 16.5. The molecular formula is C68H72N4O. The van der Waals surface area contributed by atoms with Gasteiger partial charge in [0.2, 0.25) is 0 Å². The first-order chi connectivity index (χ1) is 34.3. The van der Waals surface area contributed by atoms with Crippen LogP contribution in [0.15, 0.2) is 164 Å². The van der Waals surface area contributed by atoms with E-state index in [-0.39, 0.29) is 27.1 Å². The molecule has 0 bridgehead atoms. The fraction of sp³-hybridized carbons (Fsp3) is 0.294. The van der Waals surface area contributed by atoms with Gasteiger partial charge in [0, 0.05) is 23.0 Å². The van der Waals surface area contributed by atoms with Crippen molar-refractivity contribution < 1.29 is 9.30 Å². The molecule has 0 aliphatic carbocycles. The molecule has 3 heterocycles. The fourth-order valence-electron chi connectivity index (χ4n) is 10.1. The molecule has 10 rings (SSSR count). The molecular weight excluding hydrogens is 889 g/mol. The van der Waals surface area contributed by atoms with Crippen LogP contribution >= 0.6 is 0 Å². The Bertz CT molecular complexity index is 3700. The first-order valence-electron chi connectivity index (χ1n) is 26.0. The van der Waals surface area contributed by atoms with Gasteiger partial charge in [0.1, 0.15) is 17.3 Å². The molecule has 5 nitrogen and oxygen atoms in total. The number of pyridine rings is 1. The van der Waals surface area contributed by atoms with Crippen molar-refractivity contribution in [2.45, 2.75) is 131 Å². The minimum Gasteiger partial charge on any atom is -0.458 e. The van der Waals surface area contributed by atoms with Crippen LogP contribution < -0.4 is 9.30 Å². The first kappa shape index (κ1) is 49.3. The lowest BCUT2D eigenvalue weighted by Crippen LogP contribution is -2.32. The largest absolute Gasteiger partial charge is 0.458 e. The molecule has 3 aromatic heterocycles. The summed E-state index contributed by atoms with van der Waals surface area (Å²) in [5.74, 6) is 2.36. The topological polar surface area (TPSA) is 35.9 Å². The van der Waals surface area contributed by atoms with Gasteiger partial charge in [0.15, 0.2) is 0 Å². The van der Waals surface area contributed by atoms with Crippen molar-refractivity contribution in [3.8, 4) is 50.9 Å². The van der Waals surface area contributed by atoms with Gasteiger partial charge in [-0.2, -0.15) is 0 Å². The molecule has 0 unspecified atom stereocenters. The molecule has 0 atom stereocenters. The highest BCUT2D eigenvalue weighted by molar-refractivity contribution is 6.09. The number of nitrogens with zero attached hydrogens (tertiary/aromatic N) is 4. The molecule has 10 aromatic rings. The van der Waals surface area contributed by atoms with Crippen LogP contribution in [0.1, 0.15) is 132 Å². The van der Waals surface area contributed by atoms with Crippen molar-refractivity contribution in [2.75, 3.05) is 0 Å². The molecule has 7 aromatic carbocycles. The number of benzene rings is 7. The number of rotatable bonds is 7. The Morgan fingerprint density at radius 2 is 0.973 bits per heavy atom. The summed E-state index contributed by atoms with van der Waals surface area (Å²) in [6, 6.07) is 57.8. The van der Waals surface area contributed by atoms with Crippen LogP contribution in [0.4, 0.5) is 0 Å². The molecule has 0 N–H and O–H groups in total. The van der Waals surface area contributed by atoms with Gasteiger partial charge in [0.25, 0.3) is 6.33 Å². The SMILES string of the molecule is CC(C)(C)c1cccc(-c2cc(C(C)(C)C)cc(-c3cc(C(C)(C)C)cc(C(C)(C)C)c3)c2-[n+]2[c-]n(-c3cccc(Oc4ccc5c6ccccc6n(-c6cc(C(C)(C)C)ccn6)c5c4)c3)c3ccccc32)c1. The van der Waals surface area contributed by atoms with Gasteiger partial charge in [-0.25, -0.2) is 4.98 Å². The lowest BCUT2D eigenvalue weighted by atomic mass is 9.77. The third-order valence-corrected chi connectivity index (χ3v) is 14.6. The average molecular weight is 961 g/mol. The maximum absolute atomic E-state index is 6.86. The van der Waals surface area contributed by atoms with E-state index in [2.05, 4.69) is 276 Å². The molecule has 0 amide bonds. The summed E-state index contributed by atoms with van der Waals surface area (Å²) in [6.45, 7) is 34.6. The van der Waals surface area contributed by atoms with E-state index in [1.54, 1.807) is 0 Å². The zero-order chi connectivity index (χ0) is 52.0. The van der Waals surface area contributed by atoms with E-state index in [0.29, 0.717) is 0 Å². The maximum atomic E-state index is 6.86. The second-order valence-electron chi connectivity index (χ2n) is 25.3. The summed E-state index contributed by atoms with van der Waals surface area (Å²) >= 11 is 0. The molecule has 5 heteroatoms. The van der Waals surface area contributed by atoms with E-state index < -0.39 is 0 Å². The van der Waals surface area contributed by atoms with Crippen molar-refractivity contribution in [2.24, 2.45) is 0 Å². The summed E-state index contributed by atoms with van der Waals surface area (Å²) in [5.41, 5.74) is 17.1. The zero-order valence-electron chi connectivity index (χ0n) is 45.8. The first-order valence-corrected chi connectivity index (χ1v) is 26.0. The summed E-state index contributed by atoms with van der Waals surface area (Å²) < 4.78 is 13.6. The number of para-hydroxylation sites is 3. The molecule has 0 radical (unpaired) electrons. The number of imidazole rings is 1. The third-order valence-electron chi connectivity index (χ3n) is 14.6. The Labute approximate surface area is 434 Å². The minimum atomic E-state index is -0.129. The van der Waals surface area contributed by atoms with Gasteiger partial charge in [-0.15, -0.1) is 0 Å². The molecule has 0 fully saturated rings. The van der Waals surface area contributed by atoms with E-state index in [4.69, 9.17) is 9.72 Å². The van der Waals surface area contributed by atoms with Crippen molar-refractivity contribution in [1.82, 2.24) is 14.1 Å². The number of ether oxygens (including phenoxy) is 1. The van der Waals surface area contributed by atoms with Gasteiger partial charge in [-0.05, 0) is 126 Å². The van der Waals surface area contributed by atoms with E-state index in [9.17, 15) is 0 Å². The number of aromatic nitrogens is 4. The standard InChI is InChI=1S/C68H72N4O/c1-64(2,3)46-23-20-22-44(34-46)56-38-50(68(13,14)15)39-57(45-35-48(66(7,8)9)37-49(36-45)67(10,11)12)63(56)71-43-70(59-28-18-19-29-60(59)71)51-24-21-25-52(41-51)73-53-30-31-55-54-26-16-17-27-58(54)72(61(55)42-53)62-40-47(32-33-69-62)65(4,5)6/h16-42H,1-15H3. The van der Waals surface area contributed by atoms with Crippen molar-refractivity contribution >= 4 is 32.8 Å². The van der Waals surface area contributed by atoms with Gasteiger partial charge in [-0.1, -0.05) is 207 Å². The van der Waals surface area contributed by atoms with Gasteiger partial charge in [0.05, 0.1) is 33.4 Å². The Morgan fingerprint density at radius 3 is 1.64 bits per heavy atom. The van der Waals surface area contributed by atoms with Crippen LogP contribution in [0.5, 0.6) is 11.5 Å². The molecule has 73 heavy (non-hydrogen) atoms. The normalized spacial score (nSPS) is 12.9. The van der Waals surface area contributed by atoms with Crippen molar-refractivity contribution in [1.29, 1.82) is 0 Å². The molecule has 0 spiro atoms. The summed E-state index contributed by atoms with van der Waals surface area (Å²) in [7, 11) is 0. The summed E-state index contributed by atoms with van der Waals surface area (Å²) in [5, 5.41) is 2.33. The maximum Gasteiger partial charge on any atom is 0.269 e. The van der Waals surface area contributed by atoms with Crippen LogP contribution in [0, 0.1) is 6.33 Å². The average Bonchev–Trinajstić information content (AvgIpc) is 3.88. The predicted octanol–water partition coefficient (Wildman–Crippen LogP) is 17.8. The number of fused-ring (bicyclic) bond motifs is 4. The molecule has 370 valence electrons. The summed E-state index contributed by atoms with van der Waals surface area (Å²) in [6.07, 6.45) is 5.90. The Kier molecular flexibility index (Phi) is 12.0. The van der Waals surface area contributed by atoms with E-state index in [0.717, 1.165) is 56.1 Å². The van der Waals surface area contributed by atoms with E-state index in [1.807, 2.05) is 12.3 Å². The van der Waals surface area contributed by atoms with Crippen molar-refractivity contribution in [3.63, 3.8) is 0 Å². The Hall–Kier alpha value is -7.24. The summed E-state index contributed by atoms with van der Waals surface area (Å²) in [4.78, 5) is 4.92. The van der Waals surface area contributed by atoms with Gasteiger partial charge >= 0.3 is 0 Å². The molecule has 0 saturated carbocycles.